The van der Waals surface area contributed by atoms with Crippen molar-refractivity contribution in [2.45, 2.75) is 22.8 Å². The number of hydrogen-bond acceptors (Lipinski definition) is 6. The Morgan fingerprint density at radius 1 is 1.24 bits per heavy atom. The van der Waals surface area contributed by atoms with Crippen LogP contribution in [0.5, 0.6) is 5.75 Å². The number of nitrogens with zero attached hydrogens (tertiary/aromatic N) is 2. The second-order valence-corrected chi connectivity index (χ2v) is 9.39. The molecule has 1 aromatic heterocycles. The molecule has 1 aliphatic rings. The maximum atomic E-state index is 12.8. The van der Waals surface area contributed by atoms with Gasteiger partial charge in [-0.3, -0.25) is 4.79 Å². The Hall–Kier alpha value is -2.10. The van der Waals surface area contributed by atoms with Crippen molar-refractivity contribution < 1.29 is 17.9 Å². The first-order valence-corrected chi connectivity index (χ1v) is 12.1. The van der Waals surface area contributed by atoms with Gasteiger partial charge in [-0.2, -0.15) is 0 Å². The van der Waals surface area contributed by atoms with Gasteiger partial charge >= 0.3 is 0 Å². The van der Waals surface area contributed by atoms with E-state index in [4.69, 9.17) is 4.74 Å². The molecule has 1 aliphatic heterocycles. The maximum Gasteiger partial charge on any atom is 0.256 e. The highest BCUT2D eigenvalue weighted by Gasteiger charge is 2.26. The van der Waals surface area contributed by atoms with Crippen molar-refractivity contribution in [1.82, 2.24) is 14.6 Å². The Labute approximate surface area is 175 Å². The highest BCUT2D eigenvalue weighted by molar-refractivity contribution is 7.98. The monoisotopic (exact) mass is 435 g/mol. The fourth-order valence-corrected chi connectivity index (χ4v) is 4.95. The molecule has 3 rings (SSSR count). The van der Waals surface area contributed by atoms with Crippen molar-refractivity contribution in [2.75, 3.05) is 33.0 Å². The Bertz CT molecular complexity index is 940. The van der Waals surface area contributed by atoms with Gasteiger partial charge in [0.1, 0.15) is 10.8 Å². The van der Waals surface area contributed by atoms with E-state index < -0.39 is 10.0 Å². The highest BCUT2D eigenvalue weighted by Crippen LogP contribution is 2.23. The van der Waals surface area contributed by atoms with Crippen LogP contribution >= 0.6 is 11.8 Å². The normalized spacial score (nSPS) is 15.3. The summed E-state index contributed by atoms with van der Waals surface area (Å²) in [6, 6.07) is 9.88. The number of thioether (sulfide) groups is 1. The summed E-state index contributed by atoms with van der Waals surface area (Å²) in [6.07, 6.45) is 5.10. The number of sulfonamides is 1. The number of piperidine rings is 1. The molecule has 1 aromatic carbocycles. The lowest BCUT2D eigenvalue weighted by Gasteiger charge is -2.32. The predicted octanol–water partition coefficient (Wildman–Crippen LogP) is 2.64. The van der Waals surface area contributed by atoms with Gasteiger partial charge in [0, 0.05) is 25.8 Å². The number of amides is 1. The third-order valence-electron chi connectivity index (χ3n) is 5.03. The average Bonchev–Trinajstić information content (AvgIpc) is 2.77. The van der Waals surface area contributed by atoms with E-state index in [-0.39, 0.29) is 16.7 Å². The van der Waals surface area contributed by atoms with E-state index in [0.29, 0.717) is 30.9 Å². The molecule has 1 fully saturated rings. The smallest absolute Gasteiger partial charge is 0.256 e. The van der Waals surface area contributed by atoms with Crippen molar-refractivity contribution in [2.24, 2.45) is 5.92 Å². The zero-order valence-corrected chi connectivity index (χ0v) is 18.1. The van der Waals surface area contributed by atoms with Crippen LogP contribution in [0.15, 0.2) is 52.5 Å². The molecule has 2 aromatic rings. The van der Waals surface area contributed by atoms with E-state index in [1.165, 1.54) is 31.0 Å². The number of carbonyl (C=O) groups is 1. The molecular formula is C20H25N3O4S2. The fraction of sp³-hybridized carbons (Fsp3) is 0.400. The number of ether oxygens (including phenoxy) is 1. The number of pyridine rings is 1. The number of methoxy groups -OCH3 is 1. The van der Waals surface area contributed by atoms with Crippen LogP contribution in [0.1, 0.15) is 23.2 Å². The van der Waals surface area contributed by atoms with Crippen molar-refractivity contribution in [3.05, 3.63) is 48.2 Å². The van der Waals surface area contributed by atoms with Crippen LogP contribution in [0.4, 0.5) is 0 Å². The van der Waals surface area contributed by atoms with Crippen LogP contribution in [-0.2, 0) is 10.0 Å². The zero-order chi connectivity index (χ0) is 20.9. The first kappa shape index (κ1) is 21.6. The molecule has 0 spiro atoms. The SMILES string of the molecule is COc1ccc(S(=O)(=O)NCC2CCN(C(=O)c3cccnc3SC)CC2)cc1. The lowest BCUT2D eigenvalue weighted by Crippen LogP contribution is -2.41. The van der Waals surface area contributed by atoms with Gasteiger partial charge in [0.2, 0.25) is 10.0 Å². The molecule has 0 saturated carbocycles. The van der Waals surface area contributed by atoms with Gasteiger partial charge in [-0.15, -0.1) is 11.8 Å². The molecule has 0 radical (unpaired) electrons. The molecular weight excluding hydrogens is 410 g/mol. The van der Waals surface area contributed by atoms with E-state index in [2.05, 4.69) is 9.71 Å². The Morgan fingerprint density at radius 3 is 2.55 bits per heavy atom. The van der Waals surface area contributed by atoms with Gasteiger partial charge in [-0.1, -0.05) is 0 Å². The number of hydrogen-bond donors (Lipinski definition) is 1. The van der Waals surface area contributed by atoms with Crippen LogP contribution in [-0.4, -0.2) is 57.2 Å². The lowest BCUT2D eigenvalue weighted by molar-refractivity contribution is 0.0687. The summed E-state index contributed by atoms with van der Waals surface area (Å²) in [6.45, 7) is 1.58. The van der Waals surface area contributed by atoms with Crippen LogP contribution in [0.25, 0.3) is 0 Å². The van der Waals surface area contributed by atoms with Crippen molar-refractivity contribution >= 4 is 27.7 Å². The molecule has 0 atom stereocenters. The lowest BCUT2D eigenvalue weighted by atomic mass is 9.97. The third kappa shape index (κ3) is 5.29. The summed E-state index contributed by atoms with van der Waals surface area (Å²) in [7, 11) is -2.03. The van der Waals surface area contributed by atoms with Crippen molar-refractivity contribution in [3.63, 3.8) is 0 Å². The zero-order valence-electron chi connectivity index (χ0n) is 16.5. The average molecular weight is 436 g/mol. The molecule has 1 saturated heterocycles. The fourth-order valence-electron chi connectivity index (χ4n) is 3.29. The van der Waals surface area contributed by atoms with Gasteiger partial charge in [0.25, 0.3) is 5.91 Å². The summed E-state index contributed by atoms with van der Waals surface area (Å²) >= 11 is 1.46. The molecule has 1 N–H and O–H groups in total. The van der Waals surface area contributed by atoms with Gasteiger partial charge < -0.3 is 9.64 Å². The van der Waals surface area contributed by atoms with E-state index in [1.807, 2.05) is 11.2 Å². The maximum absolute atomic E-state index is 12.8. The van der Waals surface area contributed by atoms with Crippen LogP contribution in [0, 0.1) is 5.92 Å². The molecule has 156 valence electrons. The molecule has 9 heteroatoms. The topological polar surface area (TPSA) is 88.6 Å². The van der Waals surface area contributed by atoms with Crippen LogP contribution < -0.4 is 9.46 Å². The first-order valence-electron chi connectivity index (χ1n) is 9.36. The Balaban J connectivity index is 1.53. The summed E-state index contributed by atoms with van der Waals surface area (Å²) < 4.78 is 32.7. The minimum Gasteiger partial charge on any atom is -0.497 e. The summed E-state index contributed by atoms with van der Waals surface area (Å²) in [5.41, 5.74) is 0.624. The summed E-state index contributed by atoms with van der Waals surface area (Å²) in [5.74, 6) is 0.792. The largest absolute Gasteiger partial charge is 0.497 e. The molecule has 7 nitrogen and oxygen atoms in total. The van der Waals surface area contributed by atoms with Gasteiger partial charge in [0.15, 0.2) is 0 Å². The van der Waals surface area contributed by atoms with E-state index in [1.54, 1.807) is 30.5 Å². The Kier molecular flexibility index (Phi) is 7.15. The molecule has 0 bridgehead atoms. The van der Waals surface area contributed by atoms with E-state index in [9.17, 15) is 13.2 Å². The molecule has 29 heavy (non-hydrogen) atoms. The number of carbonyl (C=O) groups excluding carboxylic acids is 1. The van der Waals surface area contributed by atoms with E-state index >= 15 is 0 Å². The summed E-state index contributed by atoms with van der Waals surface area (Å²) in [4.78, 5) is 19.1. The highest BCUT2D eigenvalue weighted by atomic mass is 32.2. The van der Waals surface area contributed by atoms with Crippen LogP contribution in [0.2, 0.25) is 0 Å². The molecule has 0 unspecified atom stereocenters. The third-order valence-corrected chi connectivity index (χ3v) is 7.18. The van der Waals surface area contributed by atoms with Crippen molar-refractivity contribution in [3.8, 4) is 5.75 Å². The van der Waals surface area contributed by atoms with Gasteiger partial charge in [0.05, 0.1) is 17.6 Å². The standard InChI is InChI=1S/C20H25N3O4S2/c1-27-16-5-7-17(8-6-16)29(25,26)22-14-15-9-12-23(13-10-15)20(24)18-4-3-11-21-19(18)28-2/h3-8,11,15,22H,9-10,12-14H2,1-2H3. The molecule has 0 aliphatic carbocycles. The van der Waals surface area contributed by atoms with Crippen molar-refractivity contribution in [1.29, 1.82) is 0 Å². The second-order valence-electron chi connectivity index (χ2n) is 6.82. The minimum absolute atomic E-state index is 0.0142. The number of benzene rings is 1. The molecule has 1 amide bonds. The number of rotatable bonds is 7. The van der Waals surface area contributed by atoms with Gasteiger partial charge in [-0.25, -0.2) is 18.1 Å². The minimum atomic E-state index is -3.56. The van der Waals surface area contributed by atoms with Gasteiger partial charge in [-0.05, 0) is 61.4 Å². The number of aromatic nitrogens is 1. The van der Waals surface area contributed by atoms with E-state index in [0.717, 1.165) is 17.9 Å². The summed E-state index contributed by atoms with van der Waals surface area (Å²) in [5, 5.41) is 0.729. The number of nitrogens with one attached hydrogen (secondary N) is 1. The quantitative estimate of drug-likeness (QED) is 0.673. The van der Waals surface area contributed by atoms with Crippen LogP contribution in [0.3, 0.4) is 0 Å². The predicted molar refractivity (Wildman–Crippen MR) is 113 cm³/mol. The number of likely N-dealkylation sites (tertiary alicyclic amines) is 1. The first-order chi connectivity index (χ1) is 13.9. The second kappa shape index (κ2) is 9.60. The molecule has 2 heterocycles. The Morgan fingerprint density at radius 2 is 1.93 bits per heavy atom.